The van der Waals surface area contributed by atoms with E-state index in [-0.39, 0.29) is 5.75 Å². The highest BCUT2D eigenvalue weighted by Gasteiger charge is 2.09. The van der Waals surface area contributed by atoms with Crippen LogP contribution in [0.3, 0.4) is 0 Å². The molecule has 0 spiro atoms. The van der Waals surface area contributed by atoms with Gasteiger partial charge in [-0.1, -0.05) is 18.2 Å². The first kappa shape index (κ1) is 15.0. The molecule has 3 rings (SSSR count). The number of nitrogens with zero attached hydrogens (tertiary/aromatic N) is 2. The Morgan fingerprint density at radius 2 is 1.87 bits per heavy atom. The first-order valence-electron chi connectivity index (χ1n) is 6.85. The fraction of sp³-hybridized carbons (Fsp3) is 0.125. The van der Waals surface area contributed by atoms with Crippen LogP contribution >= 0.6 is 0 Å². The predicted octanol–water partition coefficient (Wildman–Crippen LogP) is 3.95. The molecular weight excluding hydrogens is 304 g/mol. The van der Waals surface area contributed by atoms with E-state index in [2.05, 4.69) is 20.3 Å². The topological polar surface area (TPSA) is 60.2 Å². The lowest BCUT2D eigenvalue weighted by Gasteiger charge is -2.12. The van der Waals surface area contributed by atoms with Crippen molar-refractivity contribution in [3.05, 3.63) is 60.5 Å². The van der Waals surface area contributed by atoms with Gasteiger partial charge in [0.05, 0.1) is 0 Å². The third-order valence-electron chi connectivity index (χ3n) is 3.16. The second-order valence-corrected chi connectivity index (χ2v) is 4.66. The minimum atomic E-state index is -2.84. The molecule has 2 aromatic carbocycles. The normalized spacial score (nSPS) is 10.7. The monoisotopic (exact) mass is 317 g/mol. The third-order valence-corrected chi connectivity index (χ3v) is 3.16. The maximum absolute atomic E-state index is 12.4. The molecule has 0 aliphatic heterocycles. The van der Waals surface area contributed by atoms with Gasteiger partial charge < -0.3 is 14.5 Å². The number of para-hydroxylation sites is 1. The van der Waals surface area contributed by atoms with Crippen LogP contribution in [-0.4, -0.2) is 16.8 Å². The highest BCUT2D eigenvalue weighted by Crippen LogP contribution is 2.23. The molecule has 7 heteroatoms. The average Bonchev–Trinajstić information content (AvgIpc) is 3.08. The van der Waals surface area contributed by atoms with Crippen molar-refractivity contribution in [1.82, 2.24) is 10.2 Å². The number of ether oxygens (including phenoxy) is 1. The quantitative estimate of drug-likeness (QED) is 0.746. The van der Waals surface area contributed by atoms with Gasteiger partial charge in [0.1, 0.15) is 5.75 Å². The zero-order valence-electron chi connectivity index (χ0n) is 11.9. The van der Waals surface area contributed by atoms with Crippen molar-refractivity contribution in [2.75, 3.05) is 5.32 Å². The van der Waals surface area contributed by atoms with Crippen LogP contribution in [0.4, 0.5) is 14.5 Å². The summed E-state index contributed by atoms with van der Waals surface area (Å²) < 4.78 is 34.4. The van der Waals surface area contributed by atoms with Crippen molar-refractivity contribution < 1.29 is 17.9 Å². The van der Waals surface area contributed by atoms with E-state index in [1.165, 1.54) is 12.5 Å². The van der Waals surface area contributed by atoms with Gasteiger partial charge in [-0.15, -0.1) is 10.2 Å². The number of halogens is 2. The Morgan fingerprint density at radius 1 is 1.09 bits per heavy atom. The fourth-order valence-corrected chi connectivity index (χ4v) is 2.09. The molecule has 118 valence electrons. The molecule has 1 N–H and O–H groups in total. The molecular formula is C16H13F2N3O2. The Labute approximate surface area is 130 Å². The van der Waals surface area contributed by atoms with Crippen LogP contribution in [0.1, 0.15) is 5.56 Å². The minimum Gasteiger partial charge on any atom is -0.434 e. The molecule has 0 aliphatic rings. The molecule has 1 heterocycles. The van der Waals surface area contributed by atoms with Crippen molar-refractivity contribution in [1.29, 1.82) is 0 Å². The number of nitrogens with one attached hydrogen (secondary N) is 1. The number of rotatable bonds is 6. The molecule has 3 aromatic rings. The van der Waals surface area contributed by atoms with Crippen molar-refractivity contribution in [3.63, 3.8) is 0 Å². The molecule has 0 radical (unpaired) electrons. The molecule has 1 aromatic heterocycles. The van der Waals surface area contributed by atoms with Crippen molar-refractivity contribution in [3.8, 4) is 17.2 Å². The number of benzene rings is 2. The summed E-state index contributed by atoms with van der Waals surface area (Å²) >= 11 is 0. The molecule has 0 amide bonds. The van der Waals surface area contributed by atoms with Crippen LogP contribution in [0.25, 0.3) is 11.5 Å². The van der Waals surface area contributed by atoms with Gasteiger partial charge >= 0.3 is 6.61 Å². The largest absolute Gasteiger partial charge is 0.434 e. The number of hydrogen-bond acceptors (Lipinski definition) is 5. The van der Waals surface area contributed by atoms with Gasteiger partial charge in [0.2, 0.25) is 12.3 Å². The Morgan fingerprint density at radius 3 is 2.57 bits per heavy atom. The van der Waals surface area contributed by atoms with Crippen LogP contribution in [0.2, 0.25) is 0 Å². The fourth-order valence-electron chi connectivity index (χ4n) is 2.09. The summed E-state index contributed by atoms with van der Waals surface area (Å²) in [6, 6.07) is 14.0. The lowest BCUT2D eigenvalue weighted by Crippen LogP contribution is -2.07. The van der Waals surface area contributed by atoms with E-state index < -0.39 is 6.61 Å². The van der Waals surface area contributed by atoms with Crippen molar-refractivity contribution in [2.45, 2.75) is 13.2 Å². The molecule has 0 saturated heterocycles. The smallest absolute Gasteiger partial charge is 0.387 e. The molecule has 0 unspecified atom stereocenters. The average molecular weight is 317 g/mol. The Hall–Kier alpha value is -2.96. The van der Waals surface area contributed by atoms with E-state index >= 15 is 0 Å². The maximum atomic E-state index is 12.4. The molecule has 0 atom stereocenters. The van der Waals surface area contributed by atoms with Gasteiger partial charge in [-0.25, -0.2) is 0 Å². The van der Waals surface area contributed by atoms with Crippen LogP contribution in [0.15, 0.2) is 59.3 Å². The second-order valence-electron chi connectivity index (χ2n) is 4.66. The summed E-state index contributed by atoms with van der Waals surface area (Å²) in [7, 11) is 0. The summed E-state index contributed by atoms with van der Waals surface area (Å²) in [5.74, 6) is 0.602. The summed E-state index contributed by atoms with van der Waals surface area (Å²) in [6.07, 6.45) is 1.27. The van der Waals surface area contributed by atoms with Crippen molar-refractivity contribution >= 4 is 5.69 Å². The number of hydrogen-bond donors (Lipinski definition) is 1. The molecule has 23 heavy (non-hydrogen) atoms. The summed E-state index contributed by atoms with van der Waals surface area (Å²) in [6.45, 7) is -2.48. The van der Waals surface area contributed by atoms with Gasteiger partial charge in [-0.2, -0.15) is 8.78 Å². The van der Waals surface area contributed by atoms with Crippen LogP contribution in [0.5, 0.6) is 5.75 Å². The van der Waals surface area contributed by atoms with E-state index in [1.54, 1.807) is 18.2 Å². The zero-order valence-corrected chi connectivity index (χ0v) is 11.9. The van der Waals surface area contributed by atoms with E-state index in [1.807, 2.05) is 24.3 Å². The first-order chi connectivity index (χ1) is 11.2. The molecule has 0 aliphatic carbocycles. The van der Waals surface area contributed by atoms with E-state index in [4.69, 9.17) is 4.42 Å². The number of alkyl halides is 2. The predicted molar refractivity (Wildman–Crippen MR) is 80.1 cm³/mol. The Balaban J connectivity index is 1.67. The summed E-state index contributed by atoms with van der Waals surface area (Å²) in [4.78, 5) is 0. The molecule has 5 nitrogen and oxygen atoms in total. The Kier molecular flexibility index (Phi) is 4.46. The molecule has 0 fully saturated rings. The molecule has 0 saturated carbocycles. The lowest BCUT2D eigenvalue weighted by molar-refractivity contribution is -0.0504. The van der Waals surface area contributed by atoms with Gasteiger partial charge in [0.25, 0.3) is 0 Å². The second kappa shape index (κ2) is 6.87. The number of anilines is 1. The highest BCUT2D eigenvalue weighted by atomic mass is 19.3. The van der Waals surface area contributed by atoms with Crippen LogP contribution in [-0.2, 0) is 6.54 Å². The van der Waals surface area contributed by atoms with E-state index in [9.17, 15) is 8.78 Å². The van der Waals surface area contributed by atoms with Gasteiger partial charge in [0, 0.05) is 23.4 Å². The van der Waals surface area contributed by atoms with Gasteiger partial charge in [0.15, 0.2) is 0 Å². The molecule has 0 bridgehead atoms. The van der Waals surface area contributed by atoms with E-state index in [0.29, 0.717) is 18.0 Å². The van der Waals surface area contributed by atoms with E-state index in [0.717, 1.165) is 11.3 Å². The minimum absolute atomic E-state index is 0.164. The lowest BCUT2D eigenvalue weighted by atomic mass is 10.1. The van der Waals surface area contributed by atoms with Gasteiger partial charge in [-0.05, 0) is 30.3 Å². The summed E-state index contributed by atoms with van der Waals surface area (Å²) in [5.41, 5.74) is 2.28. The zero-order chi connectivity index (χ0) is 16.1. The maximum Gasteiger partial charge on any atom is 0.387 e. The number of aromatic nitrogens is 2. The first-order valence-corrected chi connectivity index (χ1v) is 6.85. The standard InChI is InChI=1S/C16H13F2N3O2/c17-16(18)23-14-4-2-1-3-12(14)9-19-13-7-5-11(6-8-13)15-21-20-10-22-15/h1-8,10,16,19H,9H2. The highest BCUT2D eigenvalue weighted by molar-refractivity contribution is 5.58. The van der Waals surface area contributed by atoms with Gasteiger partial charge in [-0.3, -0.25) is 0 Å². The van der Waals surface area contributed by atoms with Crippen molar-refractivity contribution in [2.24, 2.45) is 0 Å². The summed E-state index contributed by atoms with van der Waals surface area (Å²) in [5, 5.41) is 10.6. The van der Waals surface area contributed by atoms with Crippen LogP contribution in [0, 0.1) is 0 Å². The van der Waals surface area contributed by atoms with Crippen LogP contribution < -0.4 is 10.1 Å². The Bertz CT molecular complexity index is 746. The third kappa shape index (κ3) is 3.82. The SMILES string of the molecule is FC(F)Oc1ccccc1CNc1ccc(-c2nnco2)cc1.